The number of rotatable bonds is 6. The highest BCUT2D eigenvalue weighted by Crippen LogP contribution is 2.32. The lowest BCUT2D eigenvalue weighted by Gasteiger charge is -2.27. The molecule has 0 unspecified atom stereocenters. The summed E-state index contributed by atoms with van der Waals surface area (Å²) in [7, 11) is 0. The van der Waals surface area contributed by atoms with Gasteiger partial charge in [-0.15, -0.1) is 10.2 Å². The monoisotopic (exact) mass is 458 g/mol. The number of hydrogen-bond donors (Lipinski definition) is 1. The molecule has 0 aliphatic carbocycles. The number of carbonyl (C=O) groups is 2. The number of anilines is 2. The van der Waals surface area contributed by atoms with Gasteiger partial charge in [0.25, 0.3) is 11.1 Å². The van der Waals surface area contributed by atoms with Crippen LogP contribution < -0.4 is 15.0 Å². The third-order valence-corrected chi connectivity index (χ3v) is 5.63. The highest BCUT2D eigenvalue weighted by molar-refractivity contribution is 7.99. The minimum absolute atomic E-state index is 0.0898. The molecule has 3 aromatic rings. The van der Waals surface area contributed by atoms with Crippen LogP contribution in [0, 0.1) is 0 Å². The maximum Gasteiger partial charge on any atom is 0.277 e. The van der Waals surface area contributed by atoms with Crippen molar-refractivity contribution in [2.24, 2.45) is 0 Å². The minimum atomic E-state index is -0.275. The van der Waals surface area contributed by atoms with E-state index in [0.29, 0.717) is 28.0 Å². The van der Waals surface area contributed by atoms with Crippen LogP contribution in [-0.2, 0) is 16.2 Å². The molecule has 1 N–H and O–H groups in total. The van der Waals surface area contributed by atoms with Gasteiger partial charge in [-0.1, -0.05) is 35.5 Å². The van der Waals surface area contributed by atoms with Crippen molar-refractivity contribution in [3.05, 3.63) is 59.4 Å². The average Bonchev–Trinajstić information content (AvgIpc) is 3.16. The van der Waals surface area contributed by atoms with Crippen LogP contribution in [0.1, 0.15) is 19.2 Å². The zero-order valence-electron chi connectivity index (χ0n) is 16.6. The lowest BCUT2D eigenvalue weighted by molar-refractivity contribution is -0.117. The normalized spacial score (nSPS) is 15.7. The van der Waals surface area contributed by atoms with E-state index in [1.165, 1.54) is 0 Å². The topological polar surface area (TPSA) is 97.6 Å². The summed E-state index contributed by atoms with van der Waals surface area (Å²) in [6.07, 6.45) is 0.220. The van der Waals surface area contributed by atoms with Crippen molar-refractivity contribution in [2.45, 2.75) is 31.2 Å². The predicted octanol–water partition coefficient (Wildman–Crippen LogP) is 4.16. The average molecular weight is 459 g/mol. The number of hydrogen-bond acceptors (Lipinski definition) is 7. The number of carbonyl (C=O) groups excluding carboxylic acids is 2. The summed E-state index contributed by atoms with van der Waals surface area (Å²) in [5, 5.41) is 11.6. The van der Waals surface area contributed by atoms with Crippen molar-refractivity contribution < 1.29 is 18.7 Å². The smallest absolute Gasteiger partial charge is 0.277 e. The van der Waals surface area contributed by atoms with Gasteiger partial charge >= 0.3 is 0 Å². The molecule has 0 saturated carbocycles. The first-order valence-electron chi connectivity index (χ1n) is 9.54. The van der Waals surface area contributed by atoms with Gasteiger partial charge < -0.3 is 19.4 Å². The Morgan fingerprint density at radius 2 is 2.03 bits per heavy atom. The van der Waals surface area contributed by atoms with E-state index in [2.05, 4.69) is 15.5 Å². The Kier molecular flexibility index (Phi) is 6.43. The van der Waals surface area contributed by atoms with Crippen molar-refractivity contribution in [1.29, 1.82) is 0 Å². The Bertz CT molecular complexity index is 1090. The van der Waals surface area contributed by atoms with Crippen LogP contribution >= 0.6 is 23.4 Å². The Morgan fingerprint density at radius 3 is 2.84 bits per heavy atom. The maximum atomic E-state index is 13.0. The standard InChI is InChI=1S/C21H19ClN4O4S/c1-13-10-18(27)23-16-4-2-3-5-17(16)26(13)20(28)12-31-21-25-24-19(30-21)11-29-15-8-6-14(22)7-9-15/h2-9,13H,10-12H2,1H3,(H,23,27)/t13-/m1/s1. The number of thioether (sulfide) groups is 1. The van der Waals surface area contributed by atoms with Crippen LogP contribution in [0.4, 0.5) is 11.4 Å². The number of aromatic nitrogens is 2. The van der Waals surface area contributed by atoms with Gasteiger partial charge in [0.1, 0.15) is 5.75 Å². The van der Waals surface area contributed by atoms with Gasteiger partial charge in [0.15, 0.2) is 6.61 Å². The third-order valence-electron chi connectivity index (χ3n) is 4.57. The number of nitrogens with zero attached hydrogens (tertiary/aromatic N) is 3. The zero-order valence-corrected chi connectivity index (χ0v) is 18.2. The second-order valence-corrected chi connectivity index (χ2v) is 8.24. The highest BCUT2D eigenvalue weighted by atomic mass is 35.5. The molecule has 10 heteroatoms. The molecule has 31 heavy (non-hydrogen) atoms. The summed E-state index contributed by atoms with van der Waals surface area (Å²) >= 11 is 6.99. The first-order valence-corrected chi connectivity index (χ1v) is 10.9. The number of ether oxygens (including phenoxy) is 1. The number of benzene rings is 2. The SMILES string of the molecule is C[C@@H]1CC(=O)Nc2ccccc2N1C(=O)CSc1nnc(COc2ccc(Cl)cc2)o1. The Labute approximate surface area is 187 Å². The van der Waals surface area contributed by atoms with Crippen LogP contribution in [0.25, 0.3) is 0 Å². The minimum Gasteiger partial charge on any atom is -0.484 e. The molecule has 0 bridgehead atoms. The van der Waals surface area contributed by atoms with E-state index in [-0.39, 0.29) is 41.9 Å². The van der Waals surface area contributed by atoms with Gasteiger partial charge in [-0.25, -0.2) is 0 Å². The first kappa shape index (κ1) is 21.2. The van der Waals surface area contributed by atoms with Crippen molar-refractivity contribution in [3.63, 3.8) is 0 Å². The number of halogens is 1. The van der Waals surface area contributed by atoms with Gasteiger partial charge in [-0.2, -0.15) is 0 Å². The summed E-state index contributed by atoms with van der Waals surface area (Å²) in [5.74, 6) is 0.743. The lowest BCUT2D eigenvalue weighted by atomic mass is 10.2. The summed E-state index contributed by atoms with van der Waals surface area (Å²) in [6, 6.07) is 13.9. The van der Waals surface area contributed by atoms with E-state index in [1.54, 1.807) is 35.2 Å². The molecule has 8 nitrogen and oxygen atoms in total. The molecule has 1 atom stereocenters. The quantitative estimate of drug-likeness (QED) is 0.554. The molecule has 0 radical (unpaired) electrons. The fourth-order valence-corrected chi connectivity index (χ4v) is 3.96. The number of fused-ring (bicyclic) bond motifs is 1. The van der Waals surface area contributed by atoms with Crippen LogP contribution in [0.5, 0.6) is 5.75 Å². The molecule has 1 aliphatic heterocycles. The van der Waals surface area contributed by atoms with Crippen molar-refractivity contribution in [1.82, 2.24) is 10.2 Å². The Hall–Kier alpha value is -3.04. The maximum absolute atomic E-state index is 13.0. The van der Waals surface area contributed by atoms with E-state index in [1.807, 2.05) is 25.1 Å². The van der Waals surface area contributed by atoms with Crippen LogP contribution in [-0.4, -0.2) is 33.8 Å². The van der Waals surface area contributed by atoms with E-state index in [4.69, 9.17) is 20.8 Å². The summed E-state index contributed by atoms with van der Waals surface area (Å²) in [5.41, 5.74) is 1.30. The predicted molar refractivity (Wildman–Crippen MR) is 117 cm³/mol. The van der Waals surface area contributed by atoms with Crippen molar-refractivity contribution >= 4 is 46.6 Å². The summed E-state index contributed by atoms with van der Waals surface area (Å²) < 4.78 is 11.1. The molecule has 0 spiro atoms. The van der Waals surface area contributed by atoms with Crippen molar-refractivity contribution in [2.75, 3.05) is 16.0 Å². The second kappa shape index (κ2) is 9.40. The molecule has 0 saturated heterocycles. The van der Waals surface area contributed by atoms with E-state index in [0.717, 1.165) is 11.8 Å². The van der Waals surface area contributed by atoms with E-state index >= 15 is 0 Å². The molecule has 0 fully saturated rings. The fraction of sp³-hybridized carbons (Fsp3) is 0.238. The Morgan fingerprint density at radius 1 is 1.26 bits per heavy atom. The molecule has 2 heterocycles. The molecule has 2 aromatic carbocycles. The van der Waals surface area contributed by atoms with E-state index in [9.17, 15) is 9.59 Å². The van der Waals surface area contributed by atoms with Crippen LogP contribution in [0.2, 0.25) is 5.02 Å². The zero-order chi connectivity index (χ0) is 21.8. The fourth-order valence-electron chi connectivity index (χ4n) is 3.19. The van der Waals surface area contributed by atoms with Gasteiger partial charge in [-0.3, -0.25) is 9.59 Å². The second-order valence-electron chi connectivity index (χ2n) is 6.88. The number of para-hydroxylation sites is 2. The van der Waals surface area contributed by atoms with Gasteiger partial charge in [0.2, 0.25) is 11.8 Å². The van der Waals surface area contributed by atoms with Gasteiger partial charge in [-0.05, 0) is 43.3 Å². The largest absolute Gasteiger partial charge is 0.484 e. The third kappa shape index (κ3) is 5.18. The molecular weight excluding hydrogens is 440 g/mol. The van der Waals surface area contributed by atoms with Crippen molar-refractivity contribution in [3.8, 4) is 5.75 Å². The van der Waals surface area contributed by atoms with Gasteiger partial charge in [0, 0.05) is 17.5 Å². The molecule has 1 aromatic heterocycles. The number of amides is 2. The summed E-state index contributed by atoms with van der Waals surface area (Å²) in [6.45, 7) is 1.95. The molecule has 2 amide bonds. The van der Waals surface area contributed by atoms with Crippen LogP contribution in [0.15, 0.2) is 58.2 Å². The Balaban J connectivity index is 1.37. The molecule has 4 rings (SSSR count). The van der Waals surface area contributed by atoms with Crippen LogP contribution in [0.3, 0.4) is 0 Å². The highest BCUT2D eigenvalue weighted by Gasteiger charge is 2.29. The lowest BCUT2D eigenvalue weighted by Crippen LogP contribution is -2.40. The number of nitrogens with one attached hydrogen (secondary N) is 1. The summed E-state index contributed by atoms with van der Waals surface area (Å²) in [4.78, 5) is 26.7. The molecular formula is C21H19ClN4O4S. The molecule has 1 aliphatic rings. The van der Waals surface area contributed by atoms with E-state index < -0.39 is 0 Å². The van der Waals surface area contributed by atoms with Gasteiger partial charge in [0.05, 0.1) is 17.1 Å². The molecule has 160 valence electrons. The first-order chi connectivity index (χ1) is 15.0.